The number of carbonyl (C=O) groups excluding carboxylic acids is 3. The highest BCUT2D eigenvalue weighted by Crippen LogP contribution is 2.34. The van der Waals surface area contributed by atoms with E-state index in [9.17, 15) is 27.6 Å². The first kappa shape index (κ1) is 21.4. The fraction of sp³-hybridized carbons (Fsp3) is 0.174. The number of urea groups is 1. The van der Waals surface area contributed by atoms with Crippen LogP contribution in [0.2, 0.25) is 0 Å². The number of hydrogen-bond donors (Lipinski definition) is 2. The Morgan fingerprint density at radius 2 is 1.72 bits per heavy atom. The van der Waals surface area contributed by atoms with Gasteiger partial charge in [0.05, 0.1) is 5.56 Å². The highest BCUT2D eigenvalue weighted by atomic mass is 19.4. The van der Waals surface area contributed by atoms with Crippen LogP contribution in [-0.4, -0.2) is 29.3 Å². The molecule has 1 saturated heterocycles. The molecule has 0 spiro atoms. The van der Waals surface area contributed by atoms with Gasteiger partial charge >= 0.3 is 12.2 Å². The van der Waals surface area contributed by atoms with E-state index >= 15 is 0 Å². The summed E-state index contributed by atoms with van der Waals surface area (Å²) in [5, 5.41) is 6.61. The number of amides is 4. The molecule has 32 heavy (non-hydrogen) atoms. The Kier molecular flexibility index (Phi) is 5.12. The third kappa shape index (κ3) is 3.77. The van der Waals surface area contributed by atoms with Crippen LogP contribution < -0.4 is 10.6 Å². The van der Waals surface area contributed by atoms with Gasteiger partial charge < -0.3 is 10.6 Å². The number of nitrogens with zero attached hydrogens (tertiary/aromatic N) is 1. The van der Waals surface area contributed by atoms with Crippen molar-refractivity contribution in [3.63, 3.8) is 0 Å². The Hall–Kier alpha value is -3.88. The van der Waals surface area contributed by atoms with Crippen molar-refractivity contribution < 1.29 is 27.6 Å². The Morgan fingerprint density at radius 3 is 2.47 bits per heavy atom. The van der Waals surface area contributed by atoms with E-state index in [4.69, 9.17) is 0 Å². The lowest BCUT2D eigenvalue weighted by molar-refractivity contribution is -0.137. The van der Waals surface area contributed by atoms with Crippen molar-refractivity contribution in [1.29, 1.82) is 0 Å². The first-order valence-corrected chi connectivity index (χ1v) is 9.69. The summed E-state index contributed by atoms with van der Waals surface area (Å²) in [4.78, 5) is 38.9. The molecule has 4 rings (SSSR count). The van der Waals surface area contributed by atoms with Crippen LogP contribution in [0.1, 0.15) is 18.1 Å². The van der Waals surface area contributed by atoms with Crippen LogP contribution in [0.4, 0.5) is 23.7 Å². The predicted octanol–water partition coefficient (Wildman–Crippen LogP) is 4.26. The van der Waals surface area contributed by atoms with E-state index in [1.54, 1.807) is 19.1 Å². The second-order valence-corrected chi connectivity index (χ2v) is 7.60. The Balaban J connectivity index is 1.55. The van der Waals surface area contributed by atoms with E-state index in [-0.39, 0.29) is 5.69 Å². The number of halogens is 3. The summed E-state index contributed by atoms with van der Waals surface area (Å²) in [5.74, 6) is -1.42. The monoisotopic (exact) mass is 441 g/mol. The van der Waals surface area contributed by atoms with Gasteiger partial charge in [-0.2, -0.15) is 13.2 Å². The second-order valence-electron chi connectivity index (χ2n) is 7.60. The lowest BCUT2D eigenvalue weighted by Crippen LogP contribution is -2.42. The second kappa shape index (κ2) is 7.67. The van der Waals surface area contributed by atoms with Crippen molar-refractivity contribution in [2.24, 2.45) is 0 Å². The molecule has 0 aliphatic carbocycles. The summed E-state index contributed by atoms with van der Waals surface area (Å²) in [6.45, 7) is 0.918. The quantitative estimate of drug-likeness (QED) is 0.594. The Labute approximate surface area is 181 Å². The van der Waals surface area contributed by atoms with Crippen molar-refractivity contribution in [3.8, 4) is 0 Å². The third-order valence-electron chi connectivity index (χ3n) is 5.38. The largest absolute Gasteiger partial charge is 0.416 e. The summed E-state index contributed by atoms with van der Waals surface area (Å²) in [6, 6.07) is 16.1. The van der Waals surface area contributed by atoms with E-state index in [0.29, 0.717) is 5.56 Å². The molecular weight excluding hydrogens is 423 g/mol. The molecule has 2 N–H and O–H groups in total. The smallest absolute Gasteiger partial charge is 0.325 e. The molecule has 0 unspecified atom stereocenters. The van der Waals surface area contributed by atoms with Crippen LogP contribution in [0.25, 0.3) is 10.8 Å². The van der Waals surface area contributed by atoms with Crippen LogP contribution in [0.3, 0.4) is 0 Å². The van der Waals surface area contributed by atoms with Crippen LogP contribution in [0, 0.1) is 0 Å². The molecule has 1 aliphatic heterocycles. The minimum atomic E-state index is -4.56. The van der Waals surface area contributed by atoms with Gasteiger partial charge in [-0.05, 0) is 41.5 Å². The van der Waals surface area contributed by atoms with Crippen LogP contribution >= 0.6 is 0 Å². The van der Waals surface area contributed by atoms with Crippen molar-refractivity contribution in [2.45, 2.75) is 18.6 Å². The first-order valence-electron chi connectivity index (χ1n) is 9.69. The van der Waals surface area contributed by atoms with E-state index in [1.807, 2.05) is 30.3 Å². The van der Waals surface area contributed by atoms with Crippen molar-refractivity contribution in [1.82, 2.24) is 10.2 Å². The predicted molar refractivity (Wildman–Crippen MR) is 112 cm³/mol. The number of benzene rings is 3. The number of hydrogen-bond acceptors (Lipinski definition) is 3. The standard InChI is InChI=1S/C23H18F3N3O3/c1-22(18-11-4-7-14-6-2-3-10-17(14)18)20(31)29(21(32)28-22)13-19(30)27-16-9-5-8-15(12-16)23(24,25)26/h2-12H,13H2,1H3,(H,27,30)(H,28,32)/t22-/m0/s1. The van der Waals surface area contributed by atoms with E-state index in [2.05, 4.69) is 10.6 Å². The van der Waals surface area contributed by atoms with Crippen LogP contribution in [-0.2, 0) is 21.3 Å². The summed E-state index contributed by atoms with van der Waals surface area (Å²) < 4.78 is 38.6. The number of fused-ring (bicyclic) bond motifs is 1. The molecule has 3 aromatic carbocycles. The van der Waals surface area contributed by atoms with Gasteiger partial charge in [-0.15, -0.1) is 0 Å². The number of carbonyl (C=O) groups is 3. The number of rotatable bonds is 4. The van der Waals surface area contributed by atoms with Gasteiger partial charge in [0.1, 0.15) is 12.1 Å². The van der Waals surface area contributed by atoms with Crippen LogP contribution in [0.5, 0.6) is 0 Å². The normalized spacial score (nSPS) is 18.7. The highest BCUT2D eigenvalue weighted by molar-refractivity contribution is 6.11. The first-order chi connectivity index (χ1) is 15.1. The number of imide groups is 1. The van der Waals surface area contributed by atoms with Gasteiger partial charge in [0.15, 0.2) is 0 Å². The molecule has 1 fully saturated rings. The van der Waals surface area contributed by atoms with Gasteiger partial charge in [0, 0.05) is 5.69 Å². The minimum absolute atomic E-state index is 0.0892. The lowest BCUT2D eigenvalue weighted by Gasteiger charge is -2.24. The molecular formula is C23H18F3N3O3. The number of anilines is 1. The van der Waals surface area contributed by atoms with E-state index in [0.717, 1.165) is 33.9 Å². The molecule has 0 radical (unpaired) electrons. The number of alkyl halides is 3. The van der Waals surface area contributed by atoms with Gasteiger partial charge in [-0.25, -0.2) is 4.79 Å². The summed E-state index contributed by atoms with van der Waals surface area (Å²) >= 11 is 0. The van der Waals surface area contributed by atoms with Crippen molar-refractivity contribution in [2.75, 3.05) is 11.9 Å². The van der Waals surface area contributed by atoms with Crippen molar-refractivity contribution >= 4 is 34.3 Å². The zero-order valence-corrected chi connectivity index (χ0v) is 16.9. The molecule has 0 aromatic heterocycles. The lowest BCUT2D eigenvalue weighted by atomic mass is 9.88. The third-order valence-corrected chi connectivity index (χ3v) is 5.38. The van der Waals surface area contributed by atoms with E-state index < -0.39 is 41.7 Å². The topological polar surface area (TPSA) is 78.5 Å². The van der Waals surface area contributed by atoms with Crippen LogP contribution in [0.15, 0.2) is 66.7 Å². The molecule has 0 saturated carbocycles. The van der Waals surface area contributed by atoms with Gasteiger partial charge in [-0.1, -0.05) is 48.5 Å². The molecule has 1 aliphatic rings. The summed E-state index contributed by atoms with van der Waals surface area (Å²) in [7, 11) is 0. The summed E-state index contributed by atoms with van der Waals surface area (Å²) in [6.07, 6.45) is -4.56. The molecule has 164 valence electrons. The Morgan fingerprint density at radius 1 is 1.03 bits per heavy atom. The zero-order chi connectivity index (χ0) is 23.1. The molecule has 1 atom stereocenters. The summed E-state index contributed by atoms with van der Waals surface area (Å²) in [5.41, 5.74) is -1.83. The average molecular weight is 441 g/mol. The van der Waals surface area contributed by atoms with Gasteiger partial charge in [-0.3, -0.25) is 14.5 Å². The van der Waals surface area contributed by atoms with E-state index in [1.165, 1.54) is 6.07 Å². The maximum atomic E-state index is 13.2. The Bertz CT molecular complexity index is 1240. The molecule has 4 amide bonds. The highest BCUT2D eigenvalue weighted by Gasteiger charge is 2.50. The minimum Gasteiger partial charge on any atom is -0.325 e. The molecule has 9 heteroatoms. The molecule has 1 heterocycles. The molecule has 3 aromatic rings. The molecule has 0 bridgehead atoms. The zero-order valence-electron chi connectivity index (χ0n) is 16.9. The van der Waals surface area contributed by atoms with Gasteiger partial charge in [0.25, 0.3) is 5.91 Å². The fourth-order valence-electron chi connectivity index (χ4n) is 3.80. The molecule has 6 nitrogen and oxygen atoms in total. The van der Waals surface area contributed by atoms with Gasteiger partial charge in [0.2, 0.25) is 5.91 Å². The number of nitrogens with one attached hydrogen (secondary N) is 2. The SMILES string of the molecule is C[C@@]1(c2cccc3ccccc23)NC(=O)N(CC(=O)Nc2cccc(C(F)(F)F)c2)C1=O. The maximum absolute atomic E-state index is 13.2. The maximum Gasteiger partial charge on any atom is 0.416 e. The average Bonchev–Trinajstić information content (AvgIpc) is 2.96. The van der Waals surface area contributed by atoms with Crippen molar-refractivity contribution in [3.05, 3.63) is 77.9 Å². The fourth-order valence-corrected chi connectivity index (χ4v) is 3.80.